The summed E-state index contributed by atoms with van der Waals surface area (Å²) in [6.45, 7) is 0. The number of hydrogen-bond acceptors (Lipinski definition) is 4. The van der Waals surface area contributed by atoms with E-state index in [-0.39, 0.29) is 23.7 Å². The van der Waals surface area contributed by atoms with E-state index in [0.29, 0.717) is 0 Å². The molecular weight excluding hydrogens is 357 g/mol. The Hall–Kier alpha value is -3.00. The largest absolute Gasteiger partial charge is 0.326 e. The molecule has 0 saturated heterocycles. The van der Waals surface area contributed by atoms with Crippen molar-refractivity contribution in [3.8, 4) is 0 Å². The predicted octanol–water partition coefficient (Wildman–Crippen LogP) is 2.93. The zero-order valence-electron chi connectivity index (χ0n) is 13.9. The van der Waals surface area contributed by atoms with Crippen molar-refractivity contribution in [2.75, 3.05) is 16.3 Å². The summed E-state index contributed by atoms with van der Waals surface area (Å²) in [5.74, 6) is -1.05. The second kappa shape index (κ2) is 7.09. The van der Waals surface area contributed by atoms with E-state index in [1.165, 1.54) is 12.1 Å². The van der Waals surface area contributed by atoms with Crippen molar-refractivity contribution in [3.05, 3.63) is 66.1 Å². The summed E-state index contributed by atoms with van der Waals surface area (Å²) < 4.78 is 38.3. The van der Waals surface area contributed by atoms with Crippen molar-refractivity contribution < 1.29 is 17.6 Å². The number of aromatic nitrogens is 1. The summed E-state index contributed by atoms with van der Waals surface area (Å²) in [5.41, 5.74) is 1.56. The highest BCUT2D eigenvalue weighted by Crippen LogP contribution is 2.21. The first kappa shape index (κ1) is 17.8. The van der Waals surface area contributed by atoms with Crippen LogP contribution in [0.1, 0.15) is 5.56 Å². The van der Waals surface area contributed by atoms with Gasteiger partial charge in [0.1, 0.15) is 5.82 Å². The van der Waals surface area contributed by atoms with E-state index in [1.807, 2.05) is 30.3 Å². The zero-order chi connectivity index (χ0) is 18.7. The number of nitrogens with zero attached hydrogens (tertiary/aromatic N) is 1. The highest BCUT2D eigenvalue weighted by Gasteiger charge is 2.12. The molecule has 0 bridgehead atoms. The minimum absolute atomic E-state index is 0.0839. The highest BCUT2D eigenvalue weighted by molar-refractivity contribution is 7.92. The van der Waals surface area contributed by atoms with Gasteiger partial charge in [-0.3, -0.25) is 14.5 Å². The Bertz CT molecular complexity index is 1080. The first-order valence-electron chi connectivity index (χ1n) is 7.72. The van der Waals surface area contributed by atoms with E-state index >= 15 is 0 Å². The fraction of sp³-hybridized carbons (Fsp3) is 0.111. The number of amides is 1. The van der Waals surface area contributed by atoms with E-state index in [1.54, 1.807) is 6.20 Å². The molecule has 0 aliphatic carbocycles. The summed E-state index contributed by atoms with van der Waals surface area (Å²) in [7, 11) is -3.63. The van der Waals surface area contributed by atoms with E-state index in [4.69, 9.17) is 0 Å². The minimum atomic E-state index is -3.63. The van der Waals surface area contributed by atoms with E-state index in [0.717, 1.165) is 28.8 Å². The molecular formula is C18H16FN3O3S. The number of carbonyl (C=O) groups excluding carboxylic acids is 1. The van der Waals surface area contributed by atoms with Crippen molar-refractivity contribution in [1.82, 2.24) is 4.98 Å². The second-order valence-corrected chi connectivity index (χ2v) is 7.53. The Morgan fingerprint density at radius 1 is 1.15 bits per heavy atom. The number of fused-ring (bicyclic) bond motifs is 1. The summed E-state index contributed by atoms with van der Waals surface area (Å²) in [6, 6.07) is 13.0. The Morgan fingerprint density at radius 2 is 1.92 bits per heavy atom. The van der Waals surface area contributed by atoms with Gasteiger partial charge in [0.25, 0.3) is 0 Å². The van der Waals surface area contributed by atoms with Gasteiger partial charge in [-0.15, -0.1) is 0 Å². The number of hydrogen-bond donors (Lipinski definition) is 2. The molecule has 2 N–H and O–H groups in total. The van der Waals surface area contributed by atoms with Crippen molar-refractivity contribution in [2.45, 2.75) is 6.42 Å². The summed E-state index contributed by atoms with van der Waals surface area (Å²) >= 11 is 0. The van der Waals surface area contributed by atoms with Crippen LogP contribution in [-0.4, -0.2) is 25.6 Å². The molecule has 26 heavy (non-hydrogen) atoms. The quantitative estimate of drug-likeness (QED) is 0.720. The molecule has 1 heterocycles. The number of benzene rings is 2. The lowest BCUT2D eigenvalue weighted by Gasteiger charge is -2.10. The lowest BCUT2D eigenvalue weighted by molar-refractivity contribution is -0.115. The van der Waals surface area contributed by atoms with Gasteiger partial charge in [0.15, 0.2) is 0 Å². The molecule has 0 fully saturated rings. The number of nitrogens with one attached hydrogen (secondary N) is 2. The van der Waals surface area contributed by atoms with Crippen LogP contribution >= 0.6 is 0 Å². The predicted molar refractivity (Wildman–Crippen MR) is 98.9 cm³/mol. The van der Waals surface area contributed by atoms with Crippen LogP contribution in [0.4, 0.5) is 15.8 Å². The maximum absolute atomic E-state index is 13.7. The molecule has 2 aromatic carbocycles. The molecule has 1 aromatic heterocycles. The third kappa shape index (κ3) is 4.34. The molecule has 0 aliphatic heterocycles. The number of pyridine rings is 1. The number of carbonyl (C=O) groups is 1. The molecule has 0 atom stereocenters. The first-order chi connectivity index (χ1) is 12.3. The van der Waals surface area contributed by atoms with Crippen LogP contribution in [0.3, 0.4) is 0 Å². The van der Waals surface area contributed by atoms with Crippen LogP contribution in [0, 0.1) is 5.82 Å². The number of para-hydroxylation sites is 1. The molecule has 3 rings (SSSR count). The van der Waals surface area contributed by atoms with Crippen LogP contribution in [0.5, 0.6) is 0 Å². The SMILES string of the molecule is CS(=O)(=O)Nc1cc(NC(=O)Cc2cccc3cccnc23)ccc1F. The zero-order valence-corrected chi connectivity index (χ0v) is 14.7. The van der Waals surface area contributed by atoms with E-state index in [9.17, 15) is 17.6 Å². The van der Waals surface area contributed by atoms with E-state index < -0.39 is 15.8 Å². The Labute approximate surface area is 150 Å². The Morgan fingerprint density at radius 3 is 2.69 bits per heavy atom. The standard InChI is InChI=1S/C18H16FN3O3S/c1-26(24,25)22-16-11-14(7-8-15(16)19)21-17(23)10-13-5-2-4-12-6-3-9-20-18(12)13/h2-9,11,22H,10H2,1H3,(H,21,23). The van der Waals surface area contributed by atoms with Gasteiger partial charge in [-0.1, -0.05) is 24.3 Å². The molecule has 0 radical (unpaired) electrons. The van der Waals surface area contributed by atoms with Crippen LogP contribution in [0.25, 0.3) is 10.9 Å². The number of rotatable bonds is 5. The molecule has 8 heteroatoms. The topological polar surface area (TPSA) is 88.2 Å². The number of halogens is 1. The number of sulfonamides is 1. The first-order valence-corrected chi connectivity index (χ1v) is 9.61. The maximum Gasteiger partial charge on any atom is 0.229 e. The summed E-state index contributed by atoms with van der Waals surface area (Å²) in [6.07, 6.45) is 2.67. The van der Waals surface area contributed by atoms with Gasteiger partial charge < -0.3 is 5.32 Å². The van der Waals surface area contributed by atoms with Gasteiger partial charge in [0.05, 0.1) is 23.9 Å². The van der Waals surface area contributed by atoms with Gasteiger partial charge in [-0.2, -0.15) is 0 Å². The molecule has 0 unspecified atom stereocenters. The van der Waals surface area contributed by atoms with Crippen LogP contribution in [0.15, 0.2) is 54.7 Å². The molecule has 0 saturated carbocycles. The minimum Gasteiger partial charge on any atom is -0.326 e. The van der Waals surface area contributed by atoms with Gasteiger partial charge in [-0.25, -0.2) is 12.8 Å². The smallest absolute Gasteiger partial charge is 0.229 e. The van der Waals surface area contributed by atoms with Crippen LogP contribution in [0.2, 0.25) is 0 Å². The van der Waals surface area contributed by atoms with Gasteiger partial charge in [0, 0.05) is 17.3 Å². The van der Waals surface area contributed by atoms with E-state index in [2.05, 4.69) is 15.0 Å². The molecule has 0 spiro atoms. The van der Waals surface area contributed by atoms with Gasteiger partial charge >= 0.3 is 0 Å². The molecule has 1 amide bonds. The molecule has 0 aliphatic rings. The van der Waals surface area contributed by atoms with Crippen LogP contribution in [-0.2, 0) is 21.2 Å². The third-order valence-corrected chi connectivity index (χ3v) is 4.20. The molecule has 6 nitrogen and oxygen atoms in total. The monoisotopic (exact) mass is 373 g/mol. The van der Waals surface area contributed by atoms with Crippen molar-refractivity contribution in [2.24, 2.45) is 0 Å². The number of anilines is 2. The lowest BCUT2D eigenvalue weighted by atomic mass is 10.1. The second-order valence-electron chi connectivity index (χ2n) is 5.79. The van der Waals surface area contributed by atoms with Crippen LogP contribution < -0.4 is 10.0 Å². The third-order valence-electron chi connectivity index (χ3n) is 3.61. The molecule has 134 valence electrons. The fourth-order valence-corrected chi connectivity index (χ4v) is 3.13. The highest BCUT2D eigenvalue weighted by atomic mass is 32.2. The Balaban J connectivity index is 1.79. The van der Waals surface area contributed by atoms with Crippen molar-refractivity contribution in [1.29, 1.82) is 0 Å². The summed E-state index contributed by atoms with van der Waals surface area (Å²) in [4.78, 5) is 16.6. The fourth-order valence-electron chi connectivity index (χ4n) is 2.57. The summed E-state index contributed by atoms with van der Waals surface area (Å²) in [5, 5.41) is 3.57. The van der Waals surface area contributed by atoms with Crippen molar-refractivity contribution >= 4 is 38.2 Å². The van der Waals surface area contributed by atoms with Gasteiger partial charge in [0.2, 0.25) is 15.9 Å². The average molecular weight is 373 g/mol. The molecule has 3 aromatic rings. The maximum atomic E-state index is 13.7. The lowest BCUT2D eigenvalue weighted by Crippen LogP contribution is -2.16. The normalized spacial score (nSPS) is 11.3. The average Bonchev–Trinajstić information content (AvgIpc) is 2.57. The van der Waals surface area contributed by atoms with Gasteiger partial charge in [-0.05, 0) is 29.8 Å². The van der Waals surface area contributed by atoms with Crippen molar-refractivity contribution in [3.63, 3.8) is 0 Å². The Kier molecular flexibility index (Phi) is 4.85.